The van der Waals surface area contributed by atoms with E-state index in [9.17, 15) is 0 Å². The van der Waals surface area contributed by atoms with Crippen LogP contribution in [0.15, 0.2) is 60.8 Å². The second-order valence-electron chi connectivity index (χ2n) is 4.91. The molecule has 20 heavy (non-hydrogen) atoms. The molecular formula is C17H17N3. The summed E-state index contributed by atoms with van der Waals surface area (Å²) in [6.07, 6.45) is 2.67. The van der Waals surface area contributed by atoms with Crippen LogP contribution in [-0.2, 0) is 6.42 Å². The molecule has 0 atom stereocenters. The minimum atomic E-state index is 0.708. The minimum Gasteiger partial charge on any atom is -0.383 e. The molecule has 0 aliphatic carbocycles. The maximum Gasteiger partial charge on any atom is 0.130 e. The molecule has 0 amide bonds. The molecule has 0 saturated carbocycles. The van der Waals surface area contributed by atoms with Gasteiger partial charge in [-0.05, 0) is 30.2 Å². The summed E-state index contributed by atoms with van der Waals surface area (Å²) in [7, 11) is 0. The zero-order valence-electron chi connectivity index (χ0n) is 11.5. The molecule has 0 aliphatic rings. The number of nitrogens with two attached hydrogens (primary N) is 1. The van der Waals surface area contributed by atoms with E-state index in [1.54, 1.807) is 4.68 Å². The zero-order chi connectivity index (χ0) is 13.9. The Morgan fingerprint density at radius 1 is 0.950 bits per heavy atom. The van der Waals surface area contributed by atoms with Crippen molar-refractivity contribution in [2.24, 2.45) is 0 Å². The number of hydrogen-bond acceptors (Lipinski definition) is 2. The van der Waals surface area contributed by atoms with Gasteiger partial charge < -0.3 is 5.73 Å². The van der Waals surface area contributed by atoms with Crippen molar-refractivity contribution in [3.63, 3.8) is 0 Å². The molecular weight excluding hydrogens is 246 g/mol. The largest absolute Gasteiger partial charge is 0.383 e. The van der Waals surface area contributed by atoms with Crippen LogP contribution in [0.25, 0.3) is 5.69 Å². The Morgan fingerprint density at radius 2 is 1.65 bits per heavy atom. The summed E-state index contributed by atoms with van der Waals surface area (Å²) in [5.41, 5.74) is 10.8. The Bertz CT molecular complexity index is 714. The van der Waals surface area contributed by atoms with Gasteiger partial charge in [0.05, 0.1) is 11.9 Å². The van der Waals surface area contributed by atoms with Gasteiger partial charge in [0.1, 0.15) is 5.82 Å². The van der Waals surface area contributed by atoms with Crippen molar-refractivity contribution in [2.45, 2.75) is 13.3 Å². The van der Waals surface area contributed by atoms with E-state index >= 15 is 0 Å². The van der Waals surface area contributed by atoms with Gasteiger partial charge in [0.15, 0.2) is 0 Å². The number of hydrogen-bond donors (Lipinski definition) is 1. The third-order valence-electron chi connectivity index (χ3n) is 3.53. The summed E-state index contributed by atoms with van der Waals surface area (Å²) >= 11 is 0. The Morgan fingerprint density at radius 3 is 2.40 bits per heavy atom. The summed E-state index contributed by atoms with van der Waals surface area (Å²) < 4.78 is 1.79. The molecule has 0 fully saturated rings. The first-order chi connectivity index (χ1) is 9.75. The van der Waals surface area contributed by atoms with Crippen molar-refractivity contribution in [3.05, 3.63) is 77.5 Å². The summed E-state index contributed by atoms with van der Waals surface area (Å²) in [4.78, 5) is 0. The standard InChI is InChI=1S/C17H17N3/c1-13-7-5-6-8-14(13)11-15-12-19-20(17(15)18)16-9-3-2-4-10-16/h2-10,12H,11,18H2,1H3. The van der Waals surface area contributed by atoms with Gasteiger partial charge >= 0.3 is 0 Å². The number of benzene rings is 2. The van der Waals surface area contributed by atoms with Gasteiger partial charge in [-0.2, -0.15) is 5.10 Å². The van der Waals surface area contributed by atoms with Gasteiger partial charge in [-0.3, -0.25) is 0 Å². The average molecular weight is 263 g/mol. The van der Waals surface area contributed by atoms with Crippen LogP contribution < -0.4 is 5.73 Å². The van der Waals surface area contributed by atoms with Gasteiger partial charge in [0.25, 0.3) is 0 Å². The fourth-order valence-corrected chi connectivity index (χ4v) is 2.32. The lowest BCUT2D eigenvalue weighted by molar-refractivity contribution is 0.891. The molecule has 1 aromatic heterocycles. The highest BCUT2D eigenvalue weighted by molar-refractivity contribution is 5.49. The molecule has 2 N–H and O–H groups in total. The monoisotopic (exact) mass is 263 g/mol. The van der Waals surface area contributed by atoms with Crippen LogP contribution in [0.4, 0.5) is 5.82 Å². The Kier molecular flexibility index (Phi) is 3.25. The molecule has 3 nitrogen and oxygen atoms in total. The lowest BCUT2D eigenvalue weighted by atomic mass is 10.0. The zero-order valence-corrected chi connectivity index (χ0v) is 11.5. The molecule has 1 heterocycles. The van der Waals surface area contributed by atoms with Crippen LogP contribution in [0, 0.1) is 6.92 Å². The maximum absolute atomic E-state index is 6.23. The molecule has 0 unspecified atom stereocenters. The maximum atomic E-state index is 6.23. The number of nitrogen functional groups attached to an aromatic ring is 1. The minimum absolute atomic E-state index is 0.708. The summed E-state index contributed by atoms with van der Waals surface area (Å²) in [6, 6.07) is 18.3. The molecule has 0 spiro atoms. The molecule has 0 saturated heterocycles. The predicted molar refractivity (Wildman–Crippen MR) is 82.0 cm³/mol. The molecule has 3 rings (SSSR count). The molecule has 0 aliphatic heterocycles. The fraction of sp³-hybridized carbons (Fsp3) is 0.118. The van der Waals surface area contributed by atoms with Crippen LogP contribution in [0.3, 0.4) is 0 Å². The normalized spacial score (nSPS) is 10.7. The van der Waals surface area contributed by atoms with E-state index in [0.29, 0.717) is 5.82 Å². The highest BCUT2D eigenvalue weighted by Crippen LogP contribution is 2.21. The number of aromatic nitrogens is 2. The predicted octanol–water partition coefficient (Wildman–Crippen LogP) is 3.35. The molecule has 0 radical (unpaired) electrons. The molecule has 3 aromatic rings. The van der Waals surface area contributed by atoms with Crippen molar-refractivity contribution in [1.29, 1.82) is 0 Å². The number of rotatable bonds is 3. The van der Waals surface area contributed by atoms with E-state index in [1.165, 1.54) is 11.1 Å². The lowest BCUT2D eigenvalue weighted by Gasteiger charge is -2.06. The molecule has 2 aromatic carbocycles. The molecule has 3 heteroatoms. The van der Waals surface area contributed by atoms with Gasteiger partial charge in [-0.15, -0.1) is 0 Å². The second kappa shape index (κ2) is 5.21. The average Bonchev–Trinajstić information content (AvgIpc) is 2.84. The van der Waals surface area contributed by atoms with Crippen molar-refractivity contribution in [2.75, 3.05) is 5.73 Å². The van der Waals surface area contributed by atoms with Gasteiger partial charge in [0.2, 0.25) is 0 Å². The number of nitrogens with zero attached hydrogens (tertiary/aromatic N) is 2. The molecule has 100 valence electrons. The SMILES string of the molecule is Cc1ccccc1Cc1cnn(-c2ccccc2)c1N. The van der Waals surface area contributed by atoms with E-state index < -0.39 is 0 Å². The second-order valence-corrected chi connectivity index (χ2v) is 4.91. The van der Waals surface area contributed by atoms with E-state index in [2.05, 4.69) is 36.3 Å². The van der Waals surface area contributed by atoms with Crippen LogP contribution in [0.5, 0.6) is 0 Å². The number of para-hydroxylation sites is 1. The molecule has 0 bridgehead atoms. The van der Waals surface area contributed by atoms with Gasteiger partial charge in [-0.1, -0.05) is 42.5 Å². The van der Waals surface area contributed by atoms with Crippen molar-refractivity contribution < 1.29 is 0 Å². The third kappa shape index (κ3) is 2.30. The van der Waals surface area contributed by atoms with Crippen LogP contribution >= 0.6 is 0 Å². The summed E-state index contributed by atoms with van der Waals surface area (Å²) in [5.74, 6) is 0.708. The Labute approximate surface area is 118 Å². The van der Waals surface area contributed by atoms with Crippen molar-refractivity contribution in [1.82, 2.24) is 9.78 Å². The number of aryl methyl sites for hydroxylation is 1. The first-order valence-electron chi connectivity index (χ1n) is 6.68. The van der Waals surface area contributed by atoms with Crippen molar-refractivity contribution in [3.8, 4) is 5.69 Å². The fourth-order valence-electron chi connectivity index (χ4n) is 2.32. The van der Waals surface area contributed by atoms with E-state index in [-0.39, 0.29) is 0 Å². The van der Waals surface area contributed by atoms with E-state index in [1.807, 2.05) is 36.5 Å². The smallest absolute Gasteiger partial charge is 0.130 e. The Hall–Kier alpha value is -2.55. The van der Waals surface area contributed by atoms with Crippen LogP contribution in [0.2, 0.25) is 0 Å². The topological polar surface area (TPSA) is 43.8 Å². The number of anilines is 1. The van der Waals surface area contributed by atoms with Crippen LogP contribution in [-0.4, -0.2) is 9.78 Å². The van der Waals surface area contributed by atoms with Crippen LogP contribution in [0.1, 0.15) is 16.7 Å². The summed E-state index contributed by atoms with van der Waals surface area (Å²) in [5, 5.41) is 4.40. The highest BCUT2D eigenvalue weighted by Gasteiger charge is 2.10. The van der Waals surface area contributed by atoms with Crippen molar-refractivity contribution >= 4 is 5.82 Å². The van der Waals surface area contributed by atoms with E-state index in [4.69, 9.17) is 5.73 Å². The third-order valence-corrected chi connectivity index (χ3v) is 3.53. The summed E-state index contributed by atoms with van der Waals surface area (Å²) in [6.45, 7) is 2.12. The van der Waals surface area contributed by atoms with E-state index in [0.717, 1.165) is 17.7 Å². The Balaban J connectivity index is 1.94. The highest BCUT2D eigenvalue weighted by atomic mass is 15.3. The lowest BCUT2D eigenvalue weighted by Crippen LogP contribution is -2.03. The van der Waals surface area contributed by atoms with Gasteiger partial charge in [-0.25, -0.2) is 4.68 Å². The quantitative estimate of drug-likeness (QED) is 0.787. The van der Waals surface area contributed by atoms with Gasteiger partial charge in [0, 0.05) is 12.0 Å². The first kappa shape index (κ1) is 12.5. The first-order valence-corrected chi connectivity index (χ1v) is 6.68.